The highest BCUT2D eigenvalue weighted by Gasteiger charge is 2.23. The molecule has 2 rings (SSSR count). The molecule has 0 radical (unpaired) electrons. The Kier molecular flexibility index (Phi) is 4.98. The molecular formula is C15H14N4O4. The zero-order valence-corrected chi connectivity index (χ0v) is 12.0. The molecule has 0 bridgehead atoms. The summed E-state index contributed by atoms with van der Waals surface area (Å²) in [6, 6.07) is 7.90. The van der Waals surface area contributed by atoms with Crippen molar-refractivity contribution < 1.29 is 14.5 Å². The molecule has 0 fully saturated rings. The van der Waals surface area contributed by atoms with Gasteiger partial charge in [-0.05, 0) is 12.1 Å². The van der Waals surface area contributed by atoms with E-state index in [-0.39, 0.29) is 12.1 Å². The maximum atomic E-state index is 12.1. The van der Waals surface area contributed by atoms with E-state index in [1.165, 1.54) is 42.7 Å². The molecule has 0 aliphatic rings. The van der Waals surface area contributed by atoms with E-state index >= 15 is 0 Å². The maximum Gasteiger partial charge on any atom is 0.272 e. The lowest BCUT2D eigenvalue weighted by molar-refractivity contribution is -0.385. The summed E-state index contributed by atoms with van der Waals surface area (Å²) in [6.07, 6.45) is 2.82. The zero-order valence-electron chi connectivity index (χ0n) is 12.0. The Morgan fingerprint density at radius 3 is 2.48 bits per heavy atom. The highest BCUT2D eigenvalue weighted by atomic mass is 16.6. The van der Waals surface area contributed by atoms with E-state index in [0.29, 0.717) is 11.1 Å². The summed E-state index contributed by atoms with van der Waals surface area (Å²) in [6.45, 7) is 0. The molecule has 8 heteroatoms. The number of hydrogen-bond donors (Lipinski definition) is 2. The van der Waals surface area contributed by atoms with Crippen LogP contribution in [-0.4, -0.2) is 27.8 Å². The summed E-state index contributed by atoms with van der Waals surface area (Å²) in [7, 11) is 0. The first-order valence-corrected chi connectivity index (χ1v) is 6.71. The Bertz CT molecular complexity index is 733. The predicted octanol–water partition coefficient (Wildman–Crippen LogP) is 0.816. The minimum atomic E-state index is -1.06. The second kappa shape index (κ2) is 7.12. The van der Waals surface area contributed by atoms with Crippen molar-refractivity contribution in [1.82, 2.24) is 10.3 Å². The Labute approximate surface area is 131 Å². The first-order valence-electron chi connectivity index (χ1n) is 6.71. The van der Waals surface area contributed by atoms with Crippen LogP contribution >= 0.6 is 0 Å². The summed E-state index contributed by atoms with van der Waals surface area (Å²) in [5.41, 5.74) is 5.80. The van der Waals surface area contributed by atoms with Gasteiger partial charge in [-0.2, -0.15) is 0 Å². The van der Waals surface area contributed by atoms with E-state index < -0.39 is 22.8 Å². The van der Waals surface area contributed by atoms with Gasteiger partial charge in [-0.15, -0.1) is 0 Å². The summed E-state index contributed by atoms with van der Waals surface area (Å²) in [5.74, 6) is -1.28. The second-order valence-corrected chi connectivity index (χ2v) is 4.75. The van der Waals surface area contributed by atoms with Crippen molar-refractivity contribution in [1.29, 1.82) is 0 Å². The monoisotopic (exact) mass is 314 g/mol. The van der Waals surface area contributed by atoms with Crippen LogP contribution in [0.2, 0.25) is 0 Å². The molecule has 1 aromatic heterocycles. The number of para-hydroxylation sites is 1. The molecule has 0 aliphatic carbocycles. The molecule has 1 atom stereocenters. The van der Waals surface area contributed by atoms with Crippen molar-refractivity contribution in [2.24, 2.45) is 5.73 Å². The molecule has 2 amide bonds. The molecular weight excluding hydrogens is 300 g/mol. The Morgan fingerprint density at radius 1 is 1.22 bits per heavy atom. The van der Waals surface area contributed by atoms with Crippen molar-refractivity contribution in [3.8, 4) is 0 Å². The molecule has 0 aliphatic heterocycles. The van der Waals surface area contributed by atoms with Crippen LogP contribution in [0.4, 0.5) is 5.69 Å². The van der Waals surface area contributed by atoms with Crippen LogP contribution in [0.5, 0.6) is 0 Å². The van der Waals surface area contributed by atoms with Gasteiger partial charge in [0, 0.05) is 36.0 Å². The van der Waals surface area contributed by atoms with Gasteiger partial charge in [-0.25, -0.2) is 0 Å². The van der Waals surface area contributed by atoms with Crippen molar-refractivity contribution in [2.45, 2.75) is 12.5 Å². The number of primary amides is 1. The van der Waals surface area contributed by atoms with Gasteiger partial charge in [0.15, 0.2) is 0 Å². The van der Waals surface area contributed by atoms with E-state index in [1.807, 2.05) is 0 Å². The number of aromatic nitrogens is 1. The Hall–Kier alpha value is -3.29. The number of carbonyl (C=O) groups excluding carboxylic acids is 2. The maximum absolute atomic E-state index is 12.1. The predicted molar refractivity (Wildman–Crippen MR) is 81.5 cm³/mol. The third kappa shape index (κ3) is 4.10. The van der Waals surface area contributed by atoms with E-state index in [2.05, 4.69) is 10.3 Å². The highest BCUT2D eigenvalue weighted by Crippen LogP contribution is 2.19. The molecule has 0 spiro atoms. The number of hydrogen-bond acceptors (Lipinski definition) is 5. The molecule has 1 heterocycles. The smallest absolute Gasteiger partial charge is 0.272 e. The van der Waals surface area contributed by atoms with Crippen molar-refractivity contribution in [3.63, 3.8) is 0 Å². The van der Waals surface area contributed by atoms with E-state index in [4.69, 9.17) is 5.73 Å². The van der Waals surface area contributed by atoms with Crippen LogP contribution in [0.3, 0.4) is 0 Å². The lowest BCUT2D eigenvalue weighted by Gasteiger charge is -2.15. The number of amides is 2. The van der Waals surface area contributed by atoms with E-state index in [9.17, 15) is 19.7 Å². The van der Waals surface area contributed by atoms with Crippen molar-refractivity contribution in [3.05, 3.63) is 70.0 Å². The van der Waals surface area contributed by atoms with Gasteiger partial charge >= 0.3 is 0 Å². The summed E-state index contributed by atoms with van der Waals surface area (Å²) < 4.78 is 0. The lowest BCUT2D eigenvalue weighted by Crippen LogP contribution is -2.45. The van der Waals surface area contributed by atoms with E-state index in [0.717, 1.165) is 0 Å². The topological polar surface area (TPSA) is 128 Å². The number of benzene rings is 1. The molecule has 0 saturated heterocycles. The van der Waals surface area contributed by atoms with Crippen molar-refractivity contribution >= 4 is 17.5 Å². The fourth-order valence-electron chi connectivity index (χ4n) is 2.05. The first-order chi connectivity index (χ1) is 11.0. The highest BCUT2D eigenvalue weighted by molar-refractivity contribution is 5.97. The third-order valence-corrected chi connectivity index (χ3v) is 3.20. The molecule has 0 saturated carbocycles. The van der Waals surface area contributed by atoms with Gasteiger partial charge in [0.25, 0.3) is 11.6 Å². The van der Waals surface area contributed by atoms with Gasteiger partial charge < -0.3 is 11.1 Å². The first kappa shape index (κ1) is 16.1. The SMILES string of the molecule is NC(=O)[C@@H](Cc1ccccc1[N+](=O)[O-])NC(=O)c1ccncc1. The normalized spacial score (nSPS) is 11.5. The van der Waals surface area contributed by atoms with Gasteiger partial charge in [0.2, 0.25) is 5.91 Å². The Balaban J connectivity index is 2.19. The average molecular weight is 314 g/mol. The minimum Gasteiger partial charge on any atom is -0.368 e. The van der Waals surface area contributed by atoms with Gasteiger partial charge in [-0.3, -0.25) is 24.7 Å². The number of nitrogens with one attached hydrogen (secondary N) is 1. The summed E-state index contributed by atoms with van der Waals surface area (Å²) in [5, 5.41) is 13.5. The summed E-state index contributed by atoms with van der Waals surface area (Å²) >= 11 is 0. The molecule has 23 heavy (non-hydrogen) atoms. The van der Waals surface area contributed by atoms with Crippen LogP contribution in [0.15, 0.2) is 48.8 Å². The number of nitro groups is 1. The molecule has 118 valence electrons. The van der Waals surface area contributed by atoms with Crippen LogP contribution in [0, 0.1) is 10.1 Å². The molecule has 3 N–H and O–H groups in total. The van der Waals surface area contributed by atoms with E-state index in [1.54, 1.807) is 6.07 Å². The molecule has 8 nitrogen and oxygen atoms in total. The van der Waals surface area contributed by atoms with Gasteiger partial charge in [0.1, 0.15) is 6.04 Å². The number of pyridine rings is 1. The average Bonchev–Trinajstić information content (AvgIpc) is 2.55. The van der Waals surface area contributed by atoms with Crippen molar-refractivity contribution in [2.75, 3.05) is 0 Å². The van der Waals surface area contributed by atoms with Gasteiger partial charge in [0.05, 0.1) is 4.92 Å². The standard InChI is InChI=1S/C15H14N4O4/c16-14(20)12(18-15(21)10-5-7-17-8-6-10)9-11-3-1-2-4-13(11)19(22)23/h1-8,12H,9H2,(H2,16,20)(H,18,21)/t12-/m1/s1. The molecule has 2 aromatic rings. The number of nitrogens with zero attached hydrogens (tertiary/aromatic N) is 2. The number of nitrogens with two attached hydrogens (primary N) is 1. The number of carbonyl (C=O) groups is 2. The number of rotatable bonds is 6. The van der Waals surface area contributed by atoms with Gasteiger partial charge in [-0.1, -0.05) is 18.2 Å². The Morgan fingerprint density at radius 2 is 1.87 bits per heavy atom. The second-order valence-electron chi connectivity index (χ2n) is 4.75. The lowest BCUT2D eigenvalue weighted by atomic mass is 10.0. The third-order valence-electron chi connectivity index (χ3n) is 3.20. The van der Waals surface area contributed by atoms with Crippen LogP contribution in [0.1, 0.15) is 15.9 Å². The van der Waals surface area contributed by atoms with Crippen LogP contribution < -0.4 is 11.1 Å². The molecule has 0 unspecified atom stereocenters. The zero-order chi connectivity index (χ0) is 16.8. The fourth-order valence-corrected chi connectivity index (χ4v) is 2.05. The number of nitro benzene ring substituents is 1. The largest absolute Gasteiger partial charge is 0.368 e. The van der Waals surface area contributed by atoms with Crippen LogP contribution in [0.25, 0.3) is 0 Å². The minimum absolute atomic E-state index is 0.0662. The molecule has 1 aromatic carbocycles. The quantitative estimate of drug-likeness (QED) is 0.602. The fraction of sp³-hybridized carbons (Fsp3) is 0.133. The summed E-state index contributed by atoms with van der Waals surface area (Å²) in [4.78, 5) is 37.9. The van der Waals surface area contributed by atoms with Crippen LogP contribution in [-0.2, 0) is 11.2 Å².